The lowest BCUT2D eigenvalue weighted by Gasteiger charge is -2.07. The van der Waals surface area contributed by atoms with Crippen molar-refractivity contribution >= 4 is 22.5 Å². The molecule has 1 amide bonds. The number of aryl methyl sites for hydroxylation is 1. The second kappa shape index (κ2) is 6.54. The Morgan fingerprint density at radius 2 is 1.92 bits per heavy atom. The minimum Gasteiger partial charge on any atom is -0.324 e. The third kappa shape index (κ3) is 3.62. The summed E-state index contributed by atoms with van der Waals surface area (Å²) in [4.78, 5) is 15.9. The highest BCUT2D eigenvalue weighted by Crippen LogP contribution is 2.33. The van der Waals surface area contributed by atoms with Gasteiger partial charge in [-0.3, -0.25) is 14.5 Å². The maximum atomic E-state index is 13.1. The number of carbonyl (C=O) groups excluding carboxylic acids is 1. The van der Waals surface area contributed by atoms with Gasteiger partial charge in [0, 0.05) is 18.1 Å². The summed E-state index contributed by atoms with van der Waals surface area (Å²) in [7, 11) is 0. The van der Waals surface area contributed by atoms with Crippen LogP contribution >= 0.6 is 0 Å². The number of hydrogen-bond donors (Lipinski definition) is 1. The van der Waals surface area contributed by atoms with E-state index in [1.165, 1.54) is 12.3 Å². The van der Waals surface area contributed by atoms with Gasteiger partial charge in [0.2, 0.25) is 5.91 Å². The number of nitrogens with one attached hydrogen (secondary N) is 1. The van der Waals surface area contributed by atoms with Crippen LogP contribution in [0.15, 0.2) is 42.7 Å². The third-order valence-corrected chi connectivity index (χ3v) is 3.76. The molecule has 0 aliphatic carbocycles. The van der Waals surface area contributed by atoms with Gasteiger partial charge in [0.25, 0.3) is 0 Å². The van der Waals surface area contributed by atoms with E-state index < -0.39 is 17.8 Å². The fourth-order valence-corrected chi connectivity index (χ4v) is 2.51. The van der Waals surface area contributed by atoms with E-state index in [1.807, 2.05) is 19.1 Å². The number of hydrogen-bond acceptors (Lipinski definition) is 3. The highest BCUT2D eigenvalue weighted by Gasteiger charge is 2.37. The maximum Gasteiger partial charge on any atom is 0.435 e. The van der Waals surface area contributed by atoms with E-state index in [1.54, 1.807) is 12.1 Å². The van der Waals surface area contributed by atoms with Crippen LogP contribution in [0.2, 0.25) is 0 Å². The Kier molecular flexibility index (Phi) is 4.43. The number of amides is 1. The van der Waals surface area contributed by atoms with Gasteiger partial charge < -0.3 is 5.32 Å². The first-order valence-electron chi connectivity index (χ1n) is 7.65. The molecule has 0 fully saturated rings. The lowest BCUT2D eigenvalue weighted by atomic mass is 10.1. The van der Waals surface area contributed by atoms with E-state index in [2.05, 4.69) is 15.4 Å². The minimum atomic E-state index is -4.61. The summed E-state index contributed by atoms with van der Waals surface area (Å²) in [5.74, 6) is -0.459. The average Bonchev–Trinajstić information content (AvgIpc) is 2.94. The zero-order chi connectivity index (χ0) is 18.0. The molecule has 0 saturated heterocycles. The molecule has 5 nitrogen and oxygen atoms in total. The number of nitrogens with zero attached hydrogens (tertiary/aromatic N) is 3. The van der Waals surface area contributed by atoms with Gasteiger partial charge in [-0.15, -0.1) is 0 Å². The van der Waals surface area contributed by atoms with Crippen molar-refractivity contribution in [2.75, 3.05) is 5.32 Å². The number of alkyl halides is 3. The molecule has 0 bridgehead atoms. The van der Waals surface area contributed by atoms with Crippen LogP contribution in [0.1, 0.15) is 18.2 Å². The Balaban J connectivity index is 1.83. The van der Waals surface area contributed by atoms with Crippen molar-refractivity contribution in [2.45, 2.75) is 26.1 Å². The Morgan fingerprint density at radius 3 is 2.56 bits per heavy atom. The van der Waals surface area contributed by atoms with E-state index in [-0.39, 0.29) is 17.4 Å². The zero-order valence-electron chi connectivity index (χ0n) is 13.3. The number of pyridine rings is 1. The number of fused-ring (bicyclic) bond motifs is 1. The first-order chi connectivity index (χ1) is 11.9. The van der Waals surface area contributed by atoms with E-state index in [0.29, 0.717) is 5.69 Å². The van der Waals surface area contributed by atoms with Crippen molar-refractivity contribution in [3.8, 4) is 0 Å². The van der Waals surface area contributed by atoms with Crippen LogP contribution in [0, 0.1) is 0 Å². The SMILES string of the molecule is CCc1ccc(NC(=O)Cn2nc(C(F)(F)F)c3cnccc32)cc1. The van der Waals surface area contributed by atoms with Crippen molar-refractivity contribution in [1.29, 1.82) is 0 Å². The van der Waals surface area contributed by atoms with Crippen molar-refractivity contribution in [1.82, 2.24) is 14.8 Å². The topological polar surface area (TPSA) is 59.8 Å². The van der Waals surface area contributed by atoms with Crippen LogP contribution in [0.5, 0.6) is 0 Å². The van der Waals surface area contributed by atoms with Crippen LogP contribution in [0.3, 0.4) is 0 Å². The molecule has 2 heterocycles. The highest BCUT2D eigenvalue weighted by atomic mass is 19.4. The number of rotatable bonds is 4. The number of carbonyl (C=O) groups is 1. The van der Waals surface area contributed by atoms with E-state index in [4.69, 9.17) is 0 Å². The van der Waals surface area contributed by atoms with Gasteiger partial charge >= 0.3 is 6.18 Å². The first kappa shape index (κ1) is 16.9. The molecule has 3 rings (SSSR count). The molecular formula is C17H15F3N4O. The normalized spacial score (nSPS) is 11.7. The number of anilines is 1. The fourth-order valence-electron chi connectivity index (χ4n) is 2.51. The predicted octanol–water partition coefficient (Wildman–Crippen LogP) is 3.65. The average molecular weight is 348 g/mol. The Bertz CT molecular complexity index is 900. The molecule has 0 aliphatic heterocycles. The number of benzene rings is 1. The van der Waals surface area contributed by atoms with E-state index in [9.17, 15) is 18.0 Å². The molecule has 0 radical (unpaired) electrons. The molecule has 8 heteroatoms. The summed E-state index contributed by atoms with van der Waals surface area (Å²) < 4.78 is 40.3. The highest BCUT2D eigenvalue weighted by molar-refractivity contribution is 5.92. The smallest absolute Gasteiger partial charge is 0.324 e. The van der Waals surface area contributed by atoms with Gasteiger partial charge in [0.1, 0.15) is 6.54 Å². The molecule has 0 saturated carbocycles. The summed E-state index contributed by atoms with van der Waals surface area (Å²) in [5.41, 5.74) is 0.865. The molecule has 130 valence electrons. The molecule has 25 heavy (non-hydrogen) atoms. The molecule has 0 unspecified atom stereocenters. The van der Waals surface area contributed by atoms with Crippen molar-refractivity contribution in [3.05, 3.63) is 54.0 Å². The second-order valence-electron chi connectivity index (χ2n) is 5.50. The van der Waals surface area contributed by atoms with Crippen molar-refractivity contribution in [3.63, 3.8) is 0 Å². The molecule has 1 N–H and O–H groups in total. The number of halogens is 3. The van der Waals surface area contributed by atoms with Gasteiger partial charge in [-0.25, -0.2) is 0 Å². The summed E-state index contributed by atoms with van der Waals surface area (Å²) in [6.45, 7) is 1.69. The number of aromatic nitrogens is 3. The molecule has 1 aromatic carbocycles. The van der Waals surface area contributed by atoms with E-state index >= 15 is 0 Å². The lowest BCUT2D eigenvalue weighted by Crippen LogP contribution is -2.20. The van der Waals surface area contributed by atoms with Crippen molar-refractivity contribution < 1.29 is 18.0 Å². The van der Waals surface area contributed by atoms with Crippen LogP contribution in [0.4, 0.5) is 18.9 Å². The minimum absolute atomic E-state index is 0.130. The van der Waals surface area contributed by atoms with Crippen molar-refractivity contribution in [2.24, 2.45) is 0 Å². The van der Waals surface area contributed by atoms with Gasteiger partial charge in [-0.2, -0.15) is 18.3 Å². The predicted molar refractivity (Wildman–Crippen MR) is 87.0 cm³/mol. The summed E-state index contributed by atoms with van der Waals surface area (Å²) >= 11 is 0. The monoisotopic (exact) mass is 348 g/mol. The summed E-state index contributed by atoms with van der Waals surface area (Å²) in [5, 5.41) is 6.09. The fraction of sp³-hybridized carbons (Fsp3) is 0.235. The molecule has 0 spiro atoms. The third-order valence-electron chi connectivity index (χ3n) is 3.76. The maximum absolute atomic E-state index is 13.1. The second-order valence-corrected chi connectivity index (χ2v) is 5.50. The lowest BCUT2D eigenvalue weighted by molar-refractivity contribution is -0.140. The standard InChI is InChI=1S/C17H15F3N4O/c1-2-11-3-5-12(6-4-11)22-15(25)10-24-14-7-8-21-9-13(14)16(23-24)17(18,19)20/h3-9H,2,10H2,1H3,(H,22,25). The van der Waals surface area contributed by atoms with Crippen LogP contribution in [-0.4, -0.2) is 20.7 Å². The largest absolute Gasteiger partial charge is 0.435 e. The zero-order valence-corrected chi connectivity index (χ0v) is 13.3. The van der Waals surface area contributed by atoms with Gasteiger partial charge in [0.05, 0.1) is 10.9 Å². The summed E-state index contributed by atoms with van der Waals surface area (Å²) in [6.07, 6.45) is -1.27. The van der Waals surface area contributed by atoms with Gasteiger partial charge in [-0.1, -0.05) is 19.1 Å². The van der Waals surface area contributed by atoms with Crippen LogP contribution < -0.4 is 5.32 Å². The Labute approximate surface area is 141 Å². The van der Waals surface area contributed by atoms with Gasteiger partial charge in [0.15, 0.2) is 5.69 Å². The Hall–Kier alpha value is -2.90. The van der Waals surface area contributed by atoms with Crippen LogP contribution in [-0.2, 0) is 23.9 Å². The summed E-state index contributed by atoms with van der Waals surface area (Å²) in [6, 6.07) is 8.67. The Morgan fingerprint density at radius 1 is 1.20 bits per heavy atom. The molecule has 0 atom stereocenters. The molecule has 2 aromatic heterocycles. The first-order valence-corrected chi connectivity index (χ1v) is 7.65. The van der Waals surface area contributed by atoms with E-state index in [0.717, 1.165) is 22.9 Å². The molecular weight excluding hydrogens is 333 g/mol. The molecule has 0 aliphatic rings. The van der Waals surface area contributed by atoms with Gasteiger partial charge in [-0.05, 0) is 30.2 Å². The quantitative estimate of drug-likeness (QED) is 0.783. The van der Waals surface area contributed by atoms with Crippen LogP contribution in [0.25, 0.3) is 10.9 Å². The molecule has 3 aromatic rings.